The zero-order valence-electron chi connectivity index (χ0n) is 12.0. The zero-order chi connectivity index (χ0) is 13.7. The fourth-order valence-corrected chi connectivity index (χ4v) is 3.24. The molecule has 1 unspecified atom stereocenters. The largest absolute Gasteiger partial charge is 0.467 e. The van der Waals surface area contributed by atoms with Gasteiger partial charge in [-0.15, -0.1) is 11.3 Å². The Morgan fingerprint density at radius 3 is 2.58 bits per heavy atom. The molecule has 104 valence electrons. The molecule has 0 aliphatic rings. The van der Waals surface area contributed by atoms with Crippen molar-refractivity contribution < 1.29 is 4.42 Å². The number of nitrogens with one attached hydrogen (secondary N) is 1. The van der Waals surface area contributed by atoms with Gasteiger partial charge in [-0.3, -0.25) is 0 Å². The highest BCUT2D eigenvalue weighted by atomic mass is 32.1. The topological polar surface area (TPSA) is 25.2 Å². The molecule has 1 N–H and O–H groups in total. The number of hydrogen-bond acceptors (Lipinski definition) is 3. The molecule has 0 saturated carbocycles. The summed E-state index contributed by atoms with van der Waals surface area (Å²) >= 11 is 1.92. The summed E-state index contributed by atoms with van der Waals surface area (Å²) < 4.78 is 5.67. The number of thiophene rings is 1. The van der Waals surface area contributed by atoms with Gasteiger partial charge in [-0.1, -0.05) is 13.8 Å². The molecule has 2 aromatic heterocycles. The maximum absolute atomic E-state index is 5.67. The molecule has 2 heterocycles. The molecule has 0 spiro atoms. The lowest BCUT2D eigenvalue weighted by Crippen LogP contribution is -2.24. The van der Waals surface area contributed by atoms with E-state index in [1.165, 1.54) is 15.3 Å². The molecule has 0 amide bonds. The van der Waals surface area contributed by atoms with Crippen LogP contribution in [0.1, 0.15) is 47.4 Å². The first-order valence-corrected chi connectivity index (χ1v) is 7.91. The van der Waals surface area contributed by atoms with Gasteiger partial charge in [0.05, 0.1) is 12.3 Å². The lowest BCUT2D eigenvalue weighted by molar-refractivity contribution is 0.409. The number of hydrogen-bond donors (Lipinski definition) is 1. The van der Waals surface area contributed by atoms with Crippen LogP contribution in [-0.2, 0) is 12.8 Å². The van der Waals surface area contributed by atoms with E-state index in [1.807, 2.05) is 17.4 Å². The summed E-state index contributed by atoms with van der Waals surface area (Å²) in [5.41, 5.74) is 1.24. The van der Waals surface area contributed by atoms with Gasteiger partial charge < -0.3 is 9.73 Å². The zero-order valence-corrected chi connectivity index (χ0v) is 12.8. The normalized spacial score (nSPS) is 12.8. The van der Waals surface area contributed by atoms with Crippen LogP contribution in [0.5, 0.6) is 0 Å². The lowest BCUT2D eigenvalue weighted by Gasteiger charge is -2.16. The van der Waals surface area contributed by atoms with Crippen molar-refractivity contribution >= 4 is 11.3 Å². The fraction of sp³-hybridized carbons (Fsp3) is 0.500. The molecule has 2 rings (SSSR count). The van der Waals surface area contributed by atoms with Crippen LogP contribution in [0, 0.1) is 6.92 Å². The van der Waals surface area contributed by atoms with Crippen LogP contribution in [-0.4, -0.2) is 6.54 Å². The van der Waals surface area contributed by atoms with E-state index >= 15 is 0 Å². The second-order valence-electron chi connectivity index (χ2n) is 4.90. The smallest absolute Gasteiger partial charge is 0.123 e. The van der Waals surface area contributed by atoms with Crippen molar-refractivity contribution in [3.63, 3.8) is 0 Å². The Morgan fingerprint density at radius 1 is 1.21 bits per heavy atom. The number of furan rings is 1. The Bertz CT molecular complexity index is 500. The van der Waals surface area contributed by atoms with Crippen LogP contribution in [0.2, 0.25) is 0 Å². The lowest BCUT2D eigenvalue weighted by atomic mass is 10.1. The van der Waals surface area contributed by atoms with Crippen molar-refractivity contribution in [2.45, 2.75) is 46.1 Å². The first kappa shape index (κ1) is 14.4. The van der Waals surface area contributed by atoms with Gasteiger partial charge >= 0.3 is 0 Å². The van der Waals surface area contributed by atoms with Gasteiger partial charge in [0.2, 0.25) is 0 Å². The minimum atomic E-state index is 0.290. The summed E-state index contributed by atoms with van der Waals surface area (Å²) in [5.74, 6) is 1.08. The maximum atomic E-state index is 5.67. The maximum Gasteiger partial charge on any atom is 0.123 e. The van der Waals surface area contributed by atoms with E-state index in [0.29, 0.717) is 6.04 Å². The van der Waals surface area contributed by atoms with Gasteiger partial charge in [-0.2, -0.15) is 0 Å². The van der Waals surface area contributed by atoms with Crippen LogP contribution in [0.3, 0.4) is 0 Å². The predicted octanol–water partition coefficient (Wildman–Crippen LogP) is 4.50. The molecule has 0 saturated heterocycles. The quantitative estimate of drug-likeness (QED) is 0.806. The van der Waals surface area contributed by atoms with Gasteiger partial charge in [0, 0.05) is 16.2 Å². The average molecular weight is 277 g/mol. The Hall–Kier alpha value is -1.06. The van der Waals surface area contributed by atoms with Crippen LogP contribution in [0.25, 0.3) is 0 Å². The molecular formula is C16H23NOS. The van der Waals surface area contributed by atoms with Gasteiger partial charge in [-0.05, 0) is 50.1 Å². The van der Waals surface area contributed by atoms with E-state index in [-0.39, 0.29) is 0 Å². The molecular weight excluding hydrogens is 254 g/mol. The van der Waals surface area contributed by atoms with E-state index in [0.717, 1.165) is 31.6 Å². The third-order valence-electron chi connectivity index (χ3n) is 3.33. The van der Waals surface area contributed by atoms with Gasteiger partial charge in [-0.25, -0.2) is 0 Å². The molecule has 1 atom stereocenters. The molecule has 0 fully saturated rings. The fourth-order valence-electron chi connectivity index (χ4n) is 2.24. The van der Waals surface area contributed by atoms with Crippen molar-refractivity contribution in [1.29, 1.82) is 0 Å². The van der Waals surface area contributed by atoms with Crippen LogP contribution in [0.15, 0.2) is 28.9 Å². The number of aryl methyl sites for hydroxylation is 2. The monoisotopic (exact) mass is 277 g/mol. The summed E-state index contributed by atoms with van der Waals surface area (Å²) in [6.45, 7) is 7.54. The third kappa shape index (κ3) is 3.71. The summed E-state index contributed by atoms with van der Waals surface area (Å²) in [4.78, 5) is 2.89. The minimum Gasteiger partial charge on any atom is -0.467 e. The SMILES string of the molecule is CCCNC(Cc1ccc(CC)s1)c1occc1C. The predicted molar refractivity (Wildman–Crippen MR) is 81.9 cm³/mol. The molecule has 0 aliphatic heterocycles. The first-order valence-electron chi connectivity index (χ1n) is 7.09. The van der Waals surface area contributed by atoms with Crippen molar-refractivity contribution in [3.05, 3.63) is 45.5 Å². The Labute approximate surface area is 119 Å². The summed E-state index contributed by atoms with van der Waals surface area (Å²) in [7, 11) is 0. The molecule has 0 aromatic carbocycles. The Morgan fingerprint density at radius 2 is 2.00 bits per heavy atom. The summed E-state index contributed by atoms with van der Waals surface area (Å²) in [6.07, 6.45) is 5.06. The first-order chi connectivity index (χ1) is 9.24. The summed E-state index contributed by atoms with van der Waals surface area (Å²) in [6, 6.07) is 6.83. The van der Waals surface area contributed by atoms with Gasteiger partial charge in [0.15, 0.2) is 0 Å². The second kappa shape index (κ2) is 6.92. The van der Waals surface area contributed by atoms with E-state index in [4.69, 9.17) is 4.42 Å². The Kier molecular flexibility index (Phi) is 5.23. The Balaban J connectivity index is 2.11. The number of rotatable bonds is 7. The highest BCUT2D eigenvalue weighted by molar-refractivity contribution is 7.11. The standard InChI is InChI=1S/C16H23NOS/c1-4-9-17-15(16-12(3)8-10-18-16)11-14-7-6-13(5-2)19-14/h6-8,10,15,17H,4-5,9,11H2,1-3H3. The van der Waals surface area contributed by atoms with E-state index in [1.54, 1.807) is 6.26 Å². The van der Waals surface area contributed by atoms with Crippen molar-refractivity contribution in [2.24, 2.45) is 0 Å². The van der Waals surface area contributed by atoms with Crippen LogP contribution >= 0.6 is 11.3 Å². The second-order valence-corrected chi connectivity index (χ2v) is 6.15. The van der Waals surface area contributed by atoms with E-state index in [2.05, 4.69) is 38.2 Å². The van der Waals surface area contributed by atoms with Gasteiger partial charge in [0.1, 0.15) is 5.76 Å². The molecule has 19 heavy (non-hydrogen) atoms. The molecule has 2 aromatic rings. The van der Waals surface area contributed by atoms with E-state index < -0.39 is 0 Å². The highest BCUT2D eigenvalue weighted by Gasteiger charge is 2.17. The van der Waals surface area contributed by atoms with Crippen molar-refractivity contribution in [3.8, 4) is 0 Å². The van der Waals surface area contributed by atoms with Crippen LogP contribution in [0.4, 0.5) is 0 Å². The molecule has 0 bridgehead atoms. The molecule has 2 nitrogen and oxygen atoms in total. The minimum absolute atomic E-state index is 0.290. The van der Waals surface area contributed by atoms with Gasteiger partial charge in [0.25, 0.3) is 0 Å². The molecule has 3 heteroatoms. The molecule has 0 radical (unpaired) electrons. The third-order valence-corrected chi connectivity index (χ3v) is 4.58. The average Bonchev–Trinajstić information content (AvgIpc) is 3.03. The summed E-state index contributed by atoms with van der Waals surface area (Å²) in [5, 5.41) is 3.60. The van der Waals surface area contributed by atoms with Crippen molar-refractivity contribution in [1.82, 2.24) is 5.32 Å². The highest BCUT2D eigenvalue weighted by Crippen LogP contribution is 2.26. The van der Waals surface area contributed by atoms with Crippen molar-refractivity contribution in [2.75, 3.05) is 6.54 Å². The van der Waals surface area contributed by atoms with Crippen LogP contribution < -0.4 is 5.32 Å². The van der Waals surface area contributed by atoms with E-state index in [9.17, 15) is 0 Å². The molecule has 0 aliphatic carbocycles.